The maximum atomic E-state index is 13.3. The van der Waals surface area contributed by atoms with Gasteiger partial charge in [0.15, 0.2) is 0 Å². The van der Waals surface area contributed by atoms with E-state index in [1.807, 2.05) is 53.1 Å². The van der Waals surface area contributed by atoms with Gasteiger partial charge in [0.05, 0.1) is 16.6 Å². The third kappa shape index (κ3) is 4.64. The number of hydrogen-bond acceptors (Lipinski definition) is 3. The Morgan fingerprint density at radius 2 is 1.74 bits per heavy atom. The maximum absolute atomic E-state index is 13.3. The van der Waals surface area contributed by atoms with Crippen molar-refractivity contribution in [1.82, 2.24) is 4.57 Å². The van der Waals surface area contributed by atoms with Crippen LogP contribution in [-0.2, 0) is 17.9 Å². The molecule has 1 aromatic heterocycles. The van der Waals surface area contributed by atoms with E-state index in [4.69, 9.17) is 9.47 Å². The third-order valence-corrected chi connectivity index (χ3v) is 5.75. The minimum absolute atomic E-state index is 0.273. The van der Waals surface area contributed by atoms with E-state index in [1.54, 1.807) is 19.1 Å². The van der Waals surface area contributed by atoms with Gasteiger partial charge < -0.3 is 14.0 Å². The zero-order valence-corrected chi connectivity index (χ0v) is 18.6. The first-order valence-corrected chi connectivity index (χ1v) is 10.8. The lowest BCUT2D eigenvalue weighted by Gasteiger charge is -2.11. The summed E-state index contributed by atoms with van der Waals surface area (Å²) in [5.41, 5.74) is 3.22. The fraction of sp³-hybridized carbons (Fsp3) is 0.160. The smallest absolute Gasteiger partial charge is 0.356 e. The first-order chi connectivity index (χ1) is 15.1. The van der Waals surface area contributed by atoms with Crippen molar-refractivity contribution in [1.29, 1.82) is 0 Å². The van der Waals surface area contributed by atoms with Crippen LogP contribution in [0.4, 0.5) is 4.39 Å². The van der Waals surface area contributed by atoms with Crippen molar-refractivity contribution in [3.05, 3.63) is 99.9 Å². The number of ether oxygens (including phenoxy) is 2. The van der Waals surface area contributed by atoms with Crippen molar-refractivity contribution in [2.75, 3.05) is 6.61 Å². The summed E-state index contributed by atoms with van der Waals surface area (Å²) in [4.78, 5) is 12.7. The first-order valence-electron chi connectivity index (χ1n) is 9.97. The average molecular weight is 482 g/mol. The van der Waals surface area contributed by atoms with E-state index in [0.29, 0.717) is 29.1 Å². The average Bonchev–Trinajstić information content (AvgIpc) is 3.06. The van der Waals surface area contributed by atoms with Crippen molar-refractivity contribution < 1.29 is 18.7 Å². The molecule has 0 radical (unpaired) electrons. The summed E-state index contributed by atoms with van der Waals surface area (Å²) >= 11 is 3.59. The van der Waals surface area contributed by atoms with Crippen molar-refractivity contribution >= 4 is 32.8 Å². The highest BCUT2D eigenvalue weighted by atomic mass is 79.9. The highest BCUT2D eigenvalue weighted by Gasteiger charge is 2.23. The molecule has 0 aliphatic rings. The van der Waals surface area contributed by atoms with E-state index in [9.17, 15) is 9.18 Å². The molecule has 0 fully saturated rings. The van der Waals surface area contributed by atoms with Crippen LogP contribution in [0.5, 0.6) is 5.75 Å². The van der Waals surface area contributed by atoms with Gasteiger partial charge in [0.2, 0.25) is 0 Å². The Balaban J connectivity index is 1.72. The number of nitrogens with zero attached hydrogens (tertiary/aromatic N) is 1. The Labute approximate surface area is 188 Å². The van der Waals surface area contributed by atoms with Crippen molar-refractivity contribution in [2.45, 2.75) is 20.1 Å². The molecule has 158 valence electrons. The zero-order valence-electron chi connectivity index (χ0n) is 17.0. The van der Waals surface area contributed by atoms with Gasteiger partial charge in [-0.15, -0.1) is 0 Å². The molecule has 3 aromatic carbocycles. The van der Waals surface area contributed by atoms with Gasteiger partial charge in [-0.25, -0.2) is 9.18 Å². The van der Waals surface area contributed by atoms with Crippen molar-refractivity contribution in [3.63, 3.8) is 0 Å². The van der Waals surface area contributed by atoms with E-state index in [0.717, 1.165) is 22.0 Å². The van der Waals surface area contributed by atoms with Crippen LogP contribution >= 0.6 is 15.9 Å². The van der Waals surface area contributed by atoms with Gasteiger partial charge >= 0.3 is 5.97 Å². The number of carbonyl (C=O) groups excluding carboxylic acids is 1. The summed E-state index contributed by atoms with van der Waals surface area (Å²) in [7, 11) is 0. The number of esters is 1. The Bertz CT molecular complexity index is 1200. The molecule has 6 heteroatoms. The number of aromatic nitrogens is 1. The summed E-state index contributed by atoms with van der Waals surface area (Å²) in [5, 5.41) is 0.843. The molecule has 31 heavy (non-hydrogen) atoms. The van der Waals surface area contributed by atoms with Crippen LogP contribution in [0, 0.1) is 5.82 Å². The second kappa shape index (κ2) is 9.35. The standard InChI is InChI=1S/C25H21BrFNO3/c1-2-30-25(29)24-23(26)21-14-20(31-16-18-6-4-3-5-7-18)12-13-22(21)28(24)15-17-8-10-19(27)11-9-17/h3-14H,2,15-16H2,1H3. The topological polar surface area (TPSA) is 40.5 Å². The molecule has 0 atom stereocenters. The Hall–Kier alpha value is -3.12. The second-order valence-electron chi connectivity index (χ2n) is 7.05. The predicted octanol–water partition coefficient (Wildman–Crippen LogP) is 6.35. The predicted molar refractivity (Wildman–Crippen MR) is 122 cm³/mol. The molecule has 0 spiro atoms. The maximum Gasteiger partial charge on any atom is 0.356 e. The van der Waals surface area contributed by atoms with Crippen LogP contribution < -0.4 is 4.74 Å². The van der Waals surface area contributed by atoms with Crippen LogP contribution in [0.3, 0.4) is 0 Å². The van der Waals surface area contributed by atoms with Gasteiger partial charge in [0.25, 0.3) is 0 Å². The molecule has 4 rings (SSSR count). The Morgan fingerprint density at radius 3 is 2.45 bits per heavy atom. The quantitative estimate of drug-likeness (QED) is 0.289. The largest absolute Gasteiger partial charge is 0.489 e. The normalized spacial score (nSPS) is 10.9. The van der Waals surface area contributed by atoms with Gasteiger partial charge in [-0.2, -0.15) is 0 Å². The molecule has 0 saturated heterocycles. The molecular formula is C25H21BrFNO3. The summed E-state index contributed by atoms with van der Waals surface area (Å²) in [6.07, 6.45) is 0. The molecule has 0 unspecified atom stereocenters. The van der Waals surface area contributed by atoms with Gasteiger partial charge in [0.1, 0.15) is 23.9 Å². The number of carbonyl (C=O) groups is 1. The molecule has 0 aliphatic heterocycles. The lowest BCUT2D eigenvalue weighted by molar-refractivity contribution is 0.0514. The molecule has 0 aliphatic carbocycles. The van der Waals surface area contributed by atoms with Crippen LogP contribution in [0.15, 0.2) is 77.3 Å². The highest BCUT2D eigenvalue weighted by molar-refractivity contribution is 9.10. The van der Waals surface area contributed by atoms with Crippen molar-refractivity contribution in [3.8, 4) is 5.75 Å². The summed E-state index contributed by atoms with van der Waals surface area (Å²) < 4.78 is 27.1. The molecule has 0 N–H and O–H groups in total. The molecule has 0 amide bonds. The van der Waals surface area contributed by atoms with E-state index < -0.39 is 5.97 Å². The van der Waals surface area contributed by atoms with E-state index in [1.165, 1.54) is 12.1 Å². The zero-order chi connectivity index (χ0) is 21.8. The third-order valence-electron chi connectivity index (χ3n) is 4.94. The van der Waals surface area contributed by atoms with Crippen LogP contribution in [0.2, 0.25) is 0 Å². The van der Waals surface area contributed by atoms with Crippen molar-refractivity contribution in [2.24, 2.45) is 0 Å². The summed E-state index contributed by atoms with van der Waals surface area (Å²) in [6, 6.07) is 21.9. The number of fused-ring (bicyclic) bond motifs is 1. The Kier molecular flexibility index (Phi) is 6.37. The summed E-state index contributed by atoms with van der Waals surface area (Å²) in [6.45, 7) is 2.90. The van der Waals surface area contributed by atoms with E-state index >= 15 is 0 Å². The molecule has 1 heterocycles. The first kappa shape index (κ1) is 21.1. The molecule has 4 nitrogen and oxygen atoms in total. The van der Waals surface area contributed by atoms with Crippen LogP contribution in [0.25, 0.3) is 10.9 Å². The minimum Gasteiger partial charge on any atom is -0.489 e. The molecule has 4 aromatic rings. The highest BCUT2D eigenvalue weighted by Crippen LogP contribution is 2.35. The fourth-order valence-electron chi connectivity index (χ4n) is 3.46. The summed E-state index contributed by atoms with van der Waals surface area (Å²) in [5.74, 6) is -0.0149. The molecule has 0 saturated carbocycles. The second-order valence-corrected chi connectivity index (χ2v) is 7.84. The van der Waals surface area contributed by atoms with Gasteiger partial charge in [-0.3, -0.25) is 0 Å². The van der Waals surface area contributed by atoms with Gasteiger partial charge in [0, 0.05) is 11.9 Å². The van der Waals surface area contributed by atoms with E-state index in [-0.39, 0.29) is 12.4 Å². The van der Waals surface area contributed by atoms with Gasteiger partial charge in [-0.05, 0) is 64.3 Å². The fourth-order valence-corrected chi connectivity index (χ4v) is 4.15. The number of benzene rings is 3. The monoisotopic (exact) mass is 481 g/mol. The lowest BCUT2D eigenvalue weighted by Crippen LogP contribution is -2.13. The van der Waals surface area contributed by atoms with Crippen LogP contribution in [-0.4, -0.2) is 17.1 Å². The van der Waals surface area contributed by atoms with Crippen LogP contribution in [0.1, 0.15) is 28.5 Å². The SMILES string of the molecule is CCOC(=O)c1c(Br)c2cc(OCc3ccccc3)ccc2n1Cc1ccc(F)cc1. The van der Waals surface area contributed by atoms with E-state index in [2.05, 4.69) is 15.9 Å². The number of hydrogen-bond donors (Lipinski definition) is 0. The van der Waals surface area contributed by atoms with Gasteiger partial charge in [-0.1, -0.05) is 42.5 Å². The molecular weight excluding hydrogens is 461 g/mol. The number of rotatable bonds is 7. The lowest BCUT2D eigenvalue weighted by atomic mass is 10.2. The number of halogens is 2. The minimum atomic E-state index is -0.417. The Morgan fingerprint density at radius 1 is 1.00 bits per heavy atom. The molecule has 0 bridgehead atoms.